The minimum Gasteiger partial charge on any atom is -0.465 e. The van der Waals surface area contributed by atoms with Crippen molar-refractivity contribution < 1.29 is 19.1 Å². The van der Waals surface area contributed by atoms with Gasteiger partial charge in [0.15, 0.2) is 11.7 Å². The molecule has 5 heteroatoms. The van der Waals surface area contributed by atoms with Crippen LogP contribution in [0.4, 0.5) is 0 Å². The van der Waals surface area contributed by atoms with Gasteiger partial charge in [0.2, 0.25) is 5.91 Å². The van der Waals surface area contributed by atoms with E-state index in [1.165, 1.54) is 0 Å². The average Bonchev–Trinajstić information content (AvgIpc) is 2.56. The van der Waals surface area contributed by atoms with Crippen molar-refractivity contribution in [1.82, 2.24) is 4.90 Å². The third kappa shape index (κ3) is 3.72. The SMILES string of the molecule is CCOC(=O)C(C(=O)c1ccccc1)C(=O)N1CCCCC1. The van der Waals surface area contributed by atoms with E-state index < -0.39 is 23.6 Å². The van der Waals surface area contributed by atoms with E-state index in [4.69, 9.17) is 4.74 Å². The minimum absolute atomic E-state index is 0.144. The molecular formula is C17H21NO4. The summed E-state index contributed by atoms with van der Waals surface area (Å²) in [6.45, 7) is 2.99. The highest BCUT2D eigenvalue weighted by atomic mass is 16.5. The van der Waals surface area contributed by atoms with E-state index in [9.17, 15) is 14.4 Å². The number of Topliss-reactive ketones (excluding diaryl/α,β-unsaturated/α-hetero) is 1. The maximum absolute atomic E-state index is 12.6. The number of amides is 1. The molecule has 1 aliphatic heterocycles. The molecule has 0 N–H and O–H groups in total. The van der Waals surface area contributed by atoms with Gasteiger partial charge >= 0.3 is 5.97 Å². The third-order valence-corrected chi connectivity index (χ3v) is 3.76. The molecule has 0 aromatic heterocycles. The zero-order chi connectivity index (χ0) is 15.9. The number of ether oxygens (including phenoxy) is 1. The fraction of sp³-hybridized carbons (Fsp3) is 0.471. The summed E-state index contributed by atoms with van der Waals surface area (Å²) in [6, 6.07) is 8.42. The van der Waals surface area contributed by atoms with Crippen molar-refractivity contribution in [1.29, 1.82) is 0 Å². The van der Waals surface area contributed by atoms with E-state index in [2.05, 4.69) is 0 Å². The highest BCUT2D eigenvalue weighted by Gasteiger charge is 2.38. The lowest BCUT2D eigenvalue weighted by Crippen LogP contribution is -2.46. The Hall–Kier alpha value is -2.17. The molecule has 1 aromatic carbocycles. The first-order chi connectivity index (χ1) is 10.6. The molecule has 5 nitrogen and oxygen atoms in total. The number of carbonyl (C=O) groups excluding carboxylic acids is 3. The maximum atomic E-state index is 12.6. The predicted octanol–water partition coefficient (Wildman–Crippen LogP) is 2.06. The van der Waals surface area contributed by atoms with Crippen molar-refractivity contribution in [2.24, 2.45) is 5.92 Å². The largest absolute Gasteiger partial charge is 0.465 e. The molecule has 118 valence electrons. The van der Waals surface area contributed by atoms with Crippen LogP contribution in [0, 0.1) is 5.92 Å². The molecular weight excluding hydrogens is 282 g/mol. The molecule has 22 heavy (non-hydrogen) atoms. The summed E-state index contributed by atoms with van der Waals surface area (Å²) in [5.41, 5.74) is 0.353. The average molecular weight is 303 g/mol. The fourth-order valence-electron chi connectivity index (χ4n) is 2.61. The fourth-order valence-corrected chi connectivity index (χ4v) is 2.61. The zero-order valence-electron chi connectivity index (χ0n) is 12.8. The third-order valence-electron chi connectivity index (χ3n) is 3.76. The van der Waals surface area contributed by atoms with Crippen LogP contribution in [0.5, 0.6) is 0 Å². The summed E-state index contributed by atoms with van der Waals surface area (Å²) in [5.74, 6) is -3.07. The number of esters is 1. The molecule has 1 saturated heterocycles. The highest BCUT2D eigenvalue weighted by molar-refractivity contribution is 6.22. The summed E-state index contributed by atoms with van der Waals surface area (Å²) < 4.78 is 4.95. The molecule has 1 atom stereocenters. The van der Waals surface area contributed by atoms with Gasteiger partial charge in [-0.1, -0.05) is 30.3 Å². The van der Waals surface area contributed by atoms with Gasteiger partial charge < -0.3 is 9.64 Å². The van der Waals surface area contributed by atoms with Gasteiger partial charge in [0.1, 0.15) is 0 Å². The number of carbonyl (C=O) groups is 3. The van der Waals surface area contributed by atoms with Crippen LogP contribution < -0.4 is 0 Å². The summed E-state index contributed by atoms with van der Waals surface area (Å²) in [5, 5.41) is 0. The molecule has 2 rings (SSSR count). The van der Waals surface area contributed by atoms with Gasteiger partial charge in [-0.25, -0.2) is 0 Å². The molecule has 0 aliphatic carbocycles. The molecule has 1 aromatic rings. The lowest BCUT2D eigenvalue weighted by Gasteiger charge is -2.29. The number of nitrogens with zero attached hydrogens (tertiary/aromatic N) is 1. The number of benzene rings is 1. The lowest BCUT2D eigenvalue weighted by molar-refractivity contribution is -0.153. The zero-order valence-corrected chi connectivity index (χ0v) is 12.8. The van der Waals surface area contributed by atoms with Gasteiger partial charge in [-0.3, -0.25) is 14.4 Å². The first-order valence-electron chi connectivity index (χ1n) is 7.70. The van der Waals surface area contributed by atoms with Gasteiger partial charge in [0, 0.05) is 18.7 Å². The van der Waals surface area contributed by atoms with Crippen LogP contribution in [0.2, 0.25) is 0 Å². The quantitative estimate of drug-likeness (QED) is 0.474. The van der Waals surface area contributed by atoms with Crippen molar-refractivity contribution in [3.05, 3.63) is 35.9 Å². The van der Waals surface area contributed by atoms with E-state index in [0.717, 1.165) is 19.3 Å². The second kappa shape index (κ2) is 7.73. The van der Waals surface area contributed by atoms with Crippen molar-refractivity contribution in [2.45, 2.75) is 26.2 Å². The van der Waals surface area contributed by atoms with E-state index in [1.807, 2.05) is 0 Å². The Kier molecular flexibility index (Phi) is 5.69. The Balaban J connectivity index is 2.24. The van der Waals surface area contributed by atoms with Crippen LogP contribution in [0.25, 0.3) is 0 Å². The molecule has 1 unspecified atom stereocenters. The van der Waals surface area contributed by atoms with E-state index >= 15 is 0 Å². The van der Waals surface area contributed by atoms with Crippen molar-refractivity contribution in [3.8, 4) is 0 Å². The number of hydrogen-bond donors (Lipinski definition) is 0. The number of hydrogen-bond acceptors (Lipinski definition) is 4. The van der Waals surface area contributed by atoms with Gasteiger partial charge in [0.05, 0.1) is 6.61 Å². The van der Waals surface area contributed by atoms with Gasteiger partial charge in [-0.2, -0.15) is 0 Å². The van der Waals surface area contributed by atoms with E-state index in [-0.39, 0.29) is 6.61 Å². The van der Waals surface area contributed by atoms with Gasteiger partial charge in [-0.15, -0.1) is 0 Å². The molecule has 1 amide bonds. The molecule has 0 spiro atoms. The van der Waals surface area contributed by atoms with E-state index in [0.29, 0.717) is 18.7 Å². The first-order valence-corrected chi connectivity index (χ1v) is 7.70. The Morgan fingerprint density at radius 1 is 1.09 bits per heavy atom. The Bertz CT molecular complexity index is 535. The van der Waals surface area contributed by atoms with Crippen LogP contribution in [0.1, 0.15) is 36.5 Å². The molecule has 1 fully saturated rings. The Labute approximate surface area is 130 Å². The standard InChI is InChI=1S/C17H21NO4/c1-2-22-17(21)14(15(19)13-9-5-3-6-10-13)16(20)18-11-7-4-8-12-18/h3,5-6,9-10,14H,2,4,7-8,11-12H2,1H3. The number of likely N-dealkylation sites (tertiary alicyclic amines) is 1. The second-order valence-electron chi connectivity index (χ2n) is 5.30. The van der Waals surface area contributed by atoms with Crippen LogP contribution >= 0.6 is 0 Å². The molecule has 0 bridgehead atoms. The van der Waals surface area contributed by atoms with Crippen molar-refractivity contribution in [3.63, 3.8) is 0 Å². The monoisotopic (exact) mass is 303 g/mol. The number of rotatable bonds is 5. The van der Waals surface area contributed by atoms with Gasteiger partial charge in [-0.05, 0) is 26.2 Å². The summed E-state index contributed by atoms with van der Waals surface area (Å²) in [4.78, 5) is 39.0. The summed E-state index contributed by atoms with van der Waals surface area (Å²) >= 11 is 0. The Morgan fingerprint density at radius 3 is 2.32 bits per heavy atom. The predicted molar refractivity (Wildman–Crippen MR) is 81.3 cm³/mol. The highest BCUT2D eigenvalue weighted by Crippen LogP contribution is 2.18. The minimum atomic E-state index is -1.39. The molecule has 1 aliphatic rings. The lowest BCUT2D eigenvalue weighted by atomic mass is 9.95. The van der Waals surface area contributed by atoms with E-state index in [1.54, 1.807) is 42.2 Å². The summed E-state index contributed by atoms with van der Waals surface area (Å²) in [6.07, 6.45) is 2.88. The first kappa shape index (κ1) is 16.2. The smallest absolute Gasteiger partial charge is 0.326 e. The van der Waals surface area contributed by atoms with Crippen LogP contribution in [-0.2, 0) is 14.3 Å². The van der Waals surface area contributed by atoms with Crippen LogP contribution in [0.3, 0.4) is 0 Å². The molecule has 0 radical (unpaired) electrons. The Morgan fingerprint density at radius 2 is 1.73 bits per heavy atom. The van der Waals surface area contributed by atoms with Crippen molar-refractivity contribution >= 4 is 17.7 Å². The van der Waals surface area contributed by atoms with Crippen LogP contribution in [0.15, 0.2) is 30.3 Å². The van der Waals surface area contributed by atoms with Crippen molar-refractivity contribution in [2.75, 3.05) is 19.7 Å². The van der Waals surface area contributed by atoms with Crippen LogP contribution in [-0.4, -0.2) is 42.3 Å². The number of ketones is 1. The summed E-state index contributed by atoms with van der Waals surface area (Å²) in [7, 11) is 0. The number of piperidine rings is 1. The van der Waals surface area contributed by atoms with Gasteiger partial charge in [0.25, 0.3) is 0 Å². The topological polar surface area (TPSA) is 63.7 Å². The second-order valence-corrected chi connectivity index (χ2v) is 5.30. The molecule has 0 saturated carbocycles. The maximum Gasteiger partial charge on any atom is 0.326 e. The normalized spacial score (nSPS) is 16.0. The molecule has 1 heterocycles.